The highest BCUT2D eigenvalue weighted by molar-refractivity contribution is 7.17. The molecule has 4 rings (SSSR count). The van der Waals surface area contributed by atoms with Crippen LogP contribution in [0.4, 0.5) is 5.00 Å². The Bertz CT molecular complexity index is 858. The number of carbonyl (C=O) groups excluding carboxylic acids is 2. The van der Waals surface area contributed by atoms with Gasteiger partial charge in [0, 0.05) is 10.8 Å². The summed E-state index contributed by atoms with van der Waals surface area (Å²) in [5.74, 6) is 0.0139. The second-order valence-corrected chi connectivity index (χ2v) is 8.86. The van der Waals surface area contributed by atoms with Gasteiger partial charge in [-0.3, -0.25) is 4.79 Å². The van der Waals surface area contributed by atoms with Crippen molar-refractivity contribution >= 4 is 28.2 Å². The zero-order valence-corrected chi connectivity index (χ0v) is 17.1. The number of anilines is 1. The largest absolute Gasteiger partial charge is 0.462 e. The van der Waals surface area contributed by atoms with Crippen molar-refractivity contribution in [2.75, 3.05) is 11.9 Å². The summed E-state index contributed by atoms with van der Waals surface area (Å²) in [5, 5.41) is 3.78. The Balaban J connectivity index is 1.54. The number of esters is 1. The number of amides is 1. The molecule has 2 aliphatic carbocycles. The molecule has 2 atom stereocenters. The second kappa shape index (κ2) is 8.48. The lowest BCUT2D eigenvalue weighted by Crippen LogP contribution is -2.17. The van der Waals surface area contributed by atoms with Crippen molar-refractivity contribution in [3.8, 4) is 0 Å². The predicted molar refractivity (Wildman–Crippen MR) is 112 cm³/mol. The molecule has 2 aliphatic rings. The maximum Gasteiger partial charge on any atom is 0.341 e. The maximum absolute atomic E-state index is 12.9. The van der Waals surface area contributed by atoms with Gasteiger partial charge in [-0.25, -0.2) is 4.79 Å². The summed E-state index contributed by atoms with van der Waals surface area (Å²) in [5.41, 5.74) is 2.93. The van der Waals surface area contributed by atoms with Crippen molar-refractivity contribution in [2.45, 2.75) is 57.8 Å². The van der Waals surface area contributed by atoms with Gasteiger partial charge in [0.05, 0.1) is 12.2 Å². The van der Waals surface area contributed by atoms with Gasteiger partial charge in [0.1, 0.15) is 5.00 Å². The zero-order chi connectivity index (χ0) is 19.5. The van der Waals surface area contributed by atoms with Crippen LogP contribution in [-0.4, -0.2) is 18.5 Å². The smallest absolute Gasteiger partial charge is 0.341 e. The molecule has 5 heteroatoms. The number of rotatable bonds is 6. The Morgan fingerprint density at radius 3 is 2.71 bits per heavy atom. The van der Waals surface area contributed by atoms with Gasteiger partial charge in [0.2, 0.25) is 5.91 Å². The van der Waals surface area contributed by atoms with Crippen LogP contribution in [-0.2, 0) is 22.4 Å². The Labute approximate surface area is 170 Å². The van der Waals surface area contributed by atoms with Crippen molar-refractivity contribution in [3.63, 3.8) is 0 Å². The van der Waals surface area contributed by atoms with E-state index in [0.29, 0.717) is 17.2 Å². The first-order chi connectivity index (χ1) is 13.7. The van der Waals surface area contributed by atoms with Gasteiger partial charge >= 0.3 is 5.97 Å². The summed E-state index contributed by atoms with van der Waals surface area (Å²) in [4.78, 5) is 26.9. The number of benzene rings is 1. The molecule has 1 saturated carbocycles. The lowest BCUT2D eigenvalue weighted by molar-refractivity contribution is -0.117. The molecule has 0 unspecified atom stereocenters. The molecule has 0 saturated heterocycles. The zero-order valence-electron chi connectivity index (χ0n) is 16.3. The highest BCUT2D eigenvalue weighted by Crippen LogP contribution is 2.48. The van der Waals surface area contributed by atoms with Crippen molar-refractivity contribution in [1.29, 1.82) is 0 Å². The van der Waals surface area contributed by atoms with Crippen LogP contribution in [0, 0.1) is 5.92 Å². The van der Waals surface area contributed by atoms with E-state index in [4.69, 9.17) is 4.74 Å². The number of hydrogen-bond acceptors (Lipinski definition) is 4. The molecule has 1 aromatic heterocycles. The lowest BCUT2D eigenvalue weighted by Gasteiger charge is -2.09. The monoisotopic (exact) mass is 397 g/mol. The fraction of sp³-hybridized carbons (Fsp3) is 0.478. The van der Waals surface area contributed by atoms with Gasteiger partial charge in [-0.2, -0.15) is 0 Å². The minimum Gasteiger partial charge on any atom is -0.462 e. The number of nitrogens with one attached hydrogen (secondary N) is 1. The normalized spacial score (nSPS) is 20.8. The highest BCUT2D eigenvalue weighted by Gasteiger charge is 2.44. The average molecular weight is 398 g/mol. The molecule has 1 N–H and O–H groups in total. The van der Waals surface area contributed by atoms with Crippen molar-refractivity contribution < 1.29 is 14.3 Å². The van der Waals surface area contributed by atoms with Gasteiger partial charge < -0.3 is 10.1 Å². The summed E-state index contributed by atoms with van der Waals surface area (Å²) in [6, 6.07) is 10.2. The van der Waals surface area contributed by atoms with Crippen molar-refractivity contribution in [3.05, 3.63) is 51.9 Å². The van der Waals surface area contributed by atoms with E-state index in [0.717, 1.165) is 44.1 Å². The summed E-state index contributed by atoms with van der Waals surface area (Å²) in [7, 11) is 0. The molecule has 0 spiro atoms. The van der Waals surface area contributed by atoms with Gasteiger partial charge in [-0.05, 0) is 55.6 Å². The van der Waals surface area contributed by atoms with Crippen LogP contribution in [0.1, 0.15) is 71.3 Å². The van der Waals surface area contributed by atoms with Crippen LogP contribution in [0.2, 0.25) is 0 Å². The van der Waals surface area contributed by atoms with Crippen molar-refractivity contribution in [2.24, 2.45) is 5.92 Å². The van der Waals surface area contributed by atoms with Gasteiger partial charge in [0.15, 0.2) is 0 Å². The molecular weight excluding hydrogens is 370 g/mol. The average Bonchev–Trinajstić information content (AvgIpc) is 3.48. The first-order valence-electron chi connectivity index (χ1n) is 10.4. The third-order valence-electron chi connectivity index (χ3n) is 5.65. The number of thiophene rings is 1. The van der Waals surface area contributed by atoms with Crippen LogP contribution in [0.15, 0.2) is 30.3 Å². The molecule has 2 aromatic rings. The molecule has 0 aliphatic heterocycles. The van der Waals surface area contributed by atoms with Crippen LogP contribution in [0.3, 0.4) is 0 Å². The maximum atomic E-state index is 12.9. The predicted octanol–water partition coefficient (Wildman–Crippen LogP) is 5.33. The van der Waals surface area contributed by atoms with Crippen LogP contribution >= 0.6 is 11.3 Å². The minimum absolute atomic E-state index is 0.0104. The summed E-state index contributed by atoms with van der Waals surface area (Å²) >= 11 is 1.57. The molecule has 0 radical (unpaired) electrons. The molecule has 4 nitrogen and oxygen atoms in total. The number of carbonyl (C=O) groups is 2. The molecule has 28 heavy (non-hydrogen) atoms. The van der Waals surface area contributed by atoms with Crippen LogP contribution < -0.4 is 5.32 Å². The summed E-state index contributed by atoms with van der Waals surface area (Å²) < 4.78 is 5.45. The topological polar surface area (TPSA) is 55.4 Å². The molecule has 1 amide bonds. The quantitative estimate of drug-likeness (QED) is 0.530. The summed E-state index contributed by atoms with van der Waals surface area (Å²) in [6.45, 7) is 2.40. The second-order valence-electron chi connectivity index (χ2n) is 7.75. The first kappa shape index (κ1) is 19.2. The van der Waals surface area contributed by atoms with Crippen LogP contribution in [0.25, 0.3) is 0 Å². The number of aryl methyl sites for hydroxylation is 1. The van der Waals surface area contributed by atoms with E-state index in [-0.39, 0.29) is 23.7 Å². The van der Waals surface area contributed by atoms with E-state index in [1.165, 1.54) is 16.9 Å². The third kappa shape index (κ3) is 4.00. The van der Waals surface area contributed by atoms with Gasteiger partial charge in [-0.15, -0.1) is 11.3 Å². The van der Waals surface area contributed by atoms with E-state index >= 15 is 0 Å². The number of ether oxygens (including phenoxy) is 1. The highest BCUT2D eigenvalue weighted by atomic mass is 32.1. The third-order valence-corrected chi connectivity index (χ3v) is 6.86. The molecule has 0 bridgehead atoms. The SMILES string of the molecule is CCCOC(=O)c1c(NC(=O)[C@@H]2C[C@H]2c2ccccc2)sc2c1CCCCC2. The Morgan fingerprint density at radius 1 is 1.14 bits per heavy atom. The fourth-order valence-corrected chi connectivity index (χ4v) is 5.35. The number of fused-ring (bicyclic) bond motifs is 1. The molecule has 148 valence electrons. The van der Waals surface area contributed by atoms with E-state index < -0.39 is 0 Å². The van der Waals surface area contributed by atoms with E-state index in [1.807, 2.05) is 25.1 Å². The fourth-order valence-electron chi connectivity index (χ4n) is 4.07. The van der Waals surface area contributed by atoms with E-state index in [9.17, 15) is 9.59 Å². The standard InChI is InChI=1S/C23H27NO3S/c1-2-13-27-23(26)20-16-11-7-4-8-12-19(16)28-22(20)24-21(25)18-14-17(18)15-9-5-3-6-10-15/h3,5-6,9-10,17-18H,2,4,7-8,11-14H2,1H3,(H,24,25)/t17-,18+/m0/s1. The molecule has 1 aromatic carbocycles. The van der Waals surface area contributed by atoms with E-state index in [2.05, 4.69) is 17.4 Å². The lowest BCUT2D eigenvalue weighted by atomic mass is 10.1. The minimum atomic E-state index is -0.285. The Kier molecular flexibility index (Phi) is 5.81. The number of hydrogen-bond donors (Lipinski definition) is 1. The molecule has 1 heterocycles. The summed E-state index contributed by atoms with van der Waals surface area (Å²) in [6.07, 6.45) is 6.96. The molecule has 1 fully saturated rings. The van der Waals surface area contributed by atoms with Gasteiger partial charge in [0.25, 0.3) is 0 Å². The van der Waals surface area contributed by atoms with Crippen LogP contribution in [0.5, 0.6) is 0 Å². The van der Waals surface area contributed by atoms with Crippen molar-refractivity contribution in [1.82, 2.24) is 0 Å². The van der Waals surface area contributed by atoms with Gasteiger partial charge in [-0.1, -0.05) is 43.7 Å². The first-order valence-corrected chi connectivity index (χ1v) is 11.2. The molecular formula is C23H27NO3S. The van der Waals surface area contributed by atoms with E-state index in [1.54, 1.807) is 11.3 Å². The Morgan fingerprint density at radius 2 is 1.93 bits per heavy atom. The Hall–Kier alpha value is -2.14.